The van der Waals surface area contributed by atoms with E-state index in [1.54, 1.807) is 21.3 Å². The number of anilines is 1. The van der Waals surface area contributed by atoms with E-state index in [0.29, 0.717) is 0 Å². The Labute approximate surface area is 104 Å². The Morgan fingerprint density at radius 2 is 1.65 bits per heavy atom. The largest absolute Gasteiger partial charge is 0.427 e. The minimum Gasteiger partial charge on any atom is -0.427 e. The van der Waals surface area contributed by atoms with Crippen molar-refractivity contribution in [1.82, 2.24) is 0 Å². The van der Waals surface area contributed by atoms with Gasteiger partial charge in [-0.1, -0.05) is 17.6 Å². The summed E-state index contributed by atoms with van der Waals surface area (Å²) in [6, 6.07) is 7.89. The van der Waals surface area contributed by atoms with Gasteiger partial charge in [0.15, 0.2) is 0 Å². The molecule has 0 spiro atoms. The van der Waals surface area contributed by atoms with Crippen molar-refractivity contribution in [3.05, 3.63) is 24.3 Å². The van der Waals surface area contributed by atoms with Gasteiger partial charge in [-0.2, -0.15) is 0 Å². The smallest absolute Gasteiger partial charge is 0.330 e. The summed E-state index contributed by atoms with van der Waals surface area (Å²) in [7, 11) is 3.56. The first-order valence-corrected chi connectivity index (χ1v) is 5.77. The lowest BCUT2D eigenvalue weighted by Gasteiger charge is -2.37. The fourth-order valence-corrected chi connectivity index (χ4v) is 1.09. The molecule has 1 aromatic rings. The van der Waals surface area contributed by atoms with Crippen LogP contribution in [0, 0.1) is 0 Å². The van der Waals surface area contributed by atoms with Crippen molar-refractivity contribution in [2.75, 3.05) is 12.4 Å². The summed E-state index contributed by atoms with van der Waals surface area (Å²) in [6.45, 7) is 7.22. The van der Waals surface area contributed by atoms with E-state index in [1.165, 1.54) is 0 Å². The van der Waals surface area contributed by atoms with Gasteiger partial charge in [-0.3, -0.25) is 0 Å². The van der Waals surface area contributed by atoms with Gasteiger partial charge in [0, 0.05) is 12.7 Å². The van der Waals surface area contributed by atoms with Crippen molar-refractivity contribution < 1.29 is 9.76 Å². The maximum absolute atomic E-state index is 9.95. The molecule has 0 aliphatic carbocycles. The van der Waals surface area contributed by atoms with Gasteiger partial charge in [0.1, 0.15) is 0 Å². The Morgan fingerprint density at radius 1 is 1.12 bits per heavy atom. The van der Waals surface area contributed by atoms with Crippen LogP contribution in [0.4, 0.5) is 5.69 Å². The maximum Gasteiger partial charge on any atom is 0.330 e. The van der Waals surface area contributed by atoms with Crippen LogP contribution in [-0.2, 0) is 4.65 Å². The van der Waals surface area contributed by atoms with Crippen LogP contribution < -0.4 is 10.8 Å². The van der Waals surface area contributed by atoms with Gasteiger partial charge in [0.05, 0.1) is 11.2 Å². The van der Waals surface area contributed by atoms with Crippen molar-refractivity contribution in [1.29, 1.82) is 0 Å². The van der Waals surface area contributed by atoms with Gasteiger partial charge in [0.2, 0.25) is 0 Å². The monoisotopic (exact) mass is 234 g/mol. The van der Waals surface area contributed by atoms with Crippen molar-refractivity contribution in [2.24, 2.45) is 0 Å². The van der Waals surface area contributed by atoms with Crippen LogP contribution in [-0.4, -0.2) is 30.8 Å². The van der Waals surface area contributed by atoms with Crippen LogP contribution in [0.2, 0.25) is 0 Å². The normalized spacial score (nSPS) is 12.4. The highest BCUT2D eigenvalue weighted by Gasteiger charge is 2.35. The highest BCUT2D eigenvalue weighted by Crippen LogP contribution is 2.24. The van der Waals surface area contributed by atoms with Gasteiger partial charge in [-0.25, -0.2) is 0 Å². The summed E-state index contributed by atoms with van der Waals surface area (Å²) in [5.74, 6) is 0. The van der Waals surface area contributed by atoms with Crippen LogP contribution in [0.5, 0.6) is 0 Å². The lowest BCUT2D eigenvalue weighted by atomic mass is 9.82. The van der Waals surface area contributed by atoms with E-state index in [-0.39, 0.29) is 0 Å². The Bertz CT molecular complexity index is 355. The number of aliphatic hydroxyl groups is 1. The first-order chi connectivity index (χ1) is 7.76. The summed E-state index contributed by atoms with van der Waals surface area (Å²) in [6.07, 6.45) is 0. The molecule has 1 radical (unpaired) electrons. The summed E-state index contributed by atoms with van der Waals surface area (Å²) < 4.78 is 5.66. The molecule has 0 saturated carbocycles. The molecular formula is C13H21BNO2. The quantitative estimate of drug-likeness (QED) is 0.759. The van der Waals surface area contributed by atoms with Crippen molar-refractivity contribution >= 4 is 18.6 Å². The molecule has 0 aromatic heterocycles. The summed E-state index contributed by atoms with van der Waals surface area (Å²) in [5, 5.41) is 13.0. The first-order valence-electron chi connectivity index (χ1n) is 5.77. The molecule has 2 N–H and O–H groups in total. The molecule has 0 heterocycles. The highest BCUT2D eigenvalue weighted by molar-refractivity contribution is 6.47. The molecule has 0 saturated heterocycles. The van der Waals surface area contributed by atoms with Gasteiger partial charge in [0.25, 0.3) is 0 Å². The molecule has 0 bridgehead atoms. The zero-order chi connectivity index (χ0) is 13.1. The Kier molecular flexibility index (Phi) is 4.23. The second-order valence-electron chi connectivity index (χ2n) is 5.18. The van der Waals surface area contributed by atoms with E-state index < -0.39 is 11.2 Å². The number of rotatable bonds is 5. The third kappa shape index (κ3) is 3.75. The Morgan fingerprint density at radius 3 is 2.06 bits per heavy atom. The van der Waals surface area contributed by atoms with Crippen LogP contribution >= 0.6 is 0 Å². The molecule has 0 fully saturated rings. The summed E-state index contributed by atoms with van der Waals surface area (Å²) >= 11 is 0. The van der Waals surface area contributed by atoms with E-state index in [1.807, 2.05) is 45.2 Å². The molecule has 93 valence electrons. The van der Waals surface area contributed by atoms with Crippen LogP contribution in [0.3, 0.4) is 0 Å². The lowest BCUT2D eigenvalue weighted by Crippen LogP contribution is -2.49. The number of hydrogen-bond acceptors (Lipinski definition) is 3. The summed E-state index contributed by atoms with van der Waals surface area (Å²) in [5.41, 5.74) is 0.508. The van der Waals surface area contributed by atoms with Gasteiger partial charge in [-0.15, -0.1) is 0 Å². The average molecular weight is 234 g/mol. The molecule has 0 aliphatic heterocycles. The molecule has 4 heteroatoms. The third-order valence-electron chi connectivity index (χ3n) is 3.16. The Balaban J connectivity index is 2.61. The highest BCUT2D eigenvalue weighted by atomic mass is 16.5. The fraction of sp³-hybridized carbons (Fsp3) is 0.538. The van der Waals surface area contributed by atoms with E-state index in [2.05, 4.69) is 5.32 Å². The van der Waals surface area contributed by atoms with Crippen molar-refractivity contribution in [2.45, 2.75) is 38.9 Å². The molecule has 0 atom stereocenters. The topological polar surface area (TPSA) is 41.5 Å². The standard InChI is InChI=1S/C13H21BNO2/c1-12(2,16)13(3,4)17-14-10-6-8-11(15-5)9-7-10/h6-9,15-16H,1-5H3. The molecule has 1 rings (SSSR count). The van der Waals surface area contributed by atoms with Crippen LogP contribution in [0.1, 0.15) is 27.7 Å². The minimum absolute atomic E-state index is 0.630. The minimum atomic E-state index is -0.894. The molecule has 17 heavy (non-hydrogen) atoms. The number of nitrogens with one attached hydrogen (secondary N) is 1. The maximum atomic E-state index is 9.95. The molecular weight excluding hydrogens is 213 g/mol. The molecule has 0 amide bonds. The first kappa shape index (κ1) is 14.1. The van der Waals surface area contributed by atoms with Gasteiger partial charge < -0.3 is 15.1 Å². The second-order valence-corrected chi connectivity index (χ2v) is 5.18. The average Bonchev–Trinajstić information content (AvgIpc) is 2.25. The number of benzene rings is 1. The van der Waals surface area contributed by atoms with E-state index in [9.17, 15) is 5.11 Å². The molecule has 1 aromatic carbocycles. The van der Waals surface area contributed by atoms with Gasteiger partial charge in [-0.05, 0) is 39.8 Å². The number of hydrogen-bond donors (Lipinski definition) is 2. The third-order valence-corrected chi connectivity index (χ3v) is 3.16. The molecule has 0 unspecified atom stereocenters. The second kappa shape index (κ2) is 5.11. The lowest BCUT2D eigenvalue weighted by molar-refractivity contribution is -0.0893. The molecule has 3 nitrogen and oxygen atoms in total. The zero-order valence-corrected chi connectivity index (χ0v) is 11.2. The van der Waals surface area contributed by atoms with Crippen LogP contribution in [0.25, 0.3) is 0 Å². The predicted octanol–water partition coefficient (Wildman–Crippen LogP) is 1.54. The zero-order valence-electron chi connectivity index (χ0n) is 11.2. The summed E-state index contributed by atoms with van der Waals surface area (Å²) in [4.78, 5) is 0. The van der Waals surface area contributed by atoms with Crippen molar-refractivity contribution in [3.63, 3.8) is 0 Å². The Hall–Kier alpha value is -0.995. The van der Waals surface area contributed by atoms with E-state index in [4.69, 9.17) is 4.65 Å². The fourth-order valence-electron chi connectivity index (χ4n) is 1.09. The van der Waals surface area contributed by atoms with E-state index >= 15 is 0 Å². The van der Waals surface area contributed by atoms with E-state index in [0.717, 1.165) is 11.2 Å². The van der Waals surface area contributed by atoms with Crippen LogP contribution in [0.15, 0.2) is 24.3 Å². The predicted molar refractivity (Wildman–Crippen MR) is 72.8 cm³/mol. The molecule has 0 aliphatic rings. The SMILES string of the molecule is CNc1ccc([B]OC(C)(C)C(C)(C)O)cc1. The van der Waals surface area contributed by atoms with Crippen molar-refractivity contribution in [3.8, 4) is 0 Å². The van der Waals surface area contributed by atoms with Gasteiger partial charge >= 0.3 is 7.48 Å².